The Labute approximate surface area is 155 Å². The van der Waals surface area contributed by atoms with Gasteiger partial charge in [-0.15, -0.1) is 24.0 Å². The maximum absolute atomic E-state index is 10.1. The highest BCUT2D eigenvalue weighted by molar-refractivity contribution is 14.0. The Hall–Kier alpha value is -0.530. The van der Waals surface area contributed by atoms with Crippen LogP contribution < -0.4 is 10.6 Å². The molecular weight excluding hydrogens is 413 g/mol. The molecule has 0 aliphatic rings. The van der Waals surface area contributed by atoms with Crippen molar-refractivity contribution >= 4 is 41.5 Å². The van der Waals surface area contributed by atoms with Crippen LogP contribution in [-0.2, 0) is 0 Å². The minimum Gasteiger partial charge on any atom is -0.386 e. The molecule has 0 aliphatic heterocycles. The van der Waals surface area contributed by atoms with E-state index in [1.165, 1.54) is 0 Å². The highest BCUT2D eigenvalue weighted by atomic mass is 127. The number of halogens is 2. The highest BCUT2D eigenvalue weighted by Gasteiger charge is 2.07. The zero-order chi connectivity index (χ0) is 15.7. The van der Waals surface area contributed by atoms with Gasteiger partial charge < -0.3 is 15.7 Å². The fraction of sp³-hybridized carbons (Fsp3) is 0.562. The number of rotatable bonds is 7. The summed E-state index contributed by atoms with van der Waals surface area (Å²) in [5.41, 5.74) is 0.821. The van der Waals surface area contributed by atoms with Crippen LogP contribution in [0.3, 0.4) is 0 Å². The molecule has 1 rings (SSSR count). The van der Waals surface area contributed by atoms with Crippen molar-refractivity contribution in [1.82, 2.24) is 10.6 Å². The second-order valence-corrected chi connectivity index (χ2v) is 5.83. The Balaban J connectivity index is 0.00000441. The van der Waals surface area contributed by atoms with E-state index >= 15 is 0 Å². The normalized spacial score (nSPS) is 12.7. The van der Waals surface area contributed by atoms with Crippen LogP contribution in [0.25, 0.3) is 0 Å². The van der Waals surface area contributed by atoms with Gasteiger partial charge in [0.15, 0.2) is 5.96 Å². The van der Waals surface area contributed by atoms with Crippen molar-refractivity contribution in [2.24, 2.45) is 10.9 Å². The third-order valence-corrected chi connectivity index (χ3v) is 3.29. The van der Waals surface area contributed by atoms with Crippen LogP contribution in [0.1, 0.15) is 38.9 Å². The average molecular weight is 440 g/mol. The van der Waals surface area contributed by atoms with Gasteiger partial charge in [-0.25, -0.2) is 0 Å². The Bertz CT molecular complexity index is 438. The summed E-state index contributed by atoms with van der Waals surface area (Å²) in [5, 5.41) is 17.3. The van der Waals surface area contributed by atoms with Crippen LogP contribution in [0.4, 0.5) is 0 Å². The molecular formula is C16H27ClIN3O. The first-order valence-corrected chi connectivity index (χ1v) is 7.86. The maximum Gasteiger partial charge on any atom is 0.191 e. The molecule has 0 amide bonds. The predicted octanol–water partition coefficient (Wildman–Crippen LogP) is 3.59. The van der Waals surface area contributed by atoms with Gasteiger partial charge >= 0.3 is 0 Å². The number of hydrogen-bond donors (Lipinski definition) is 3. The molecule has 3 N–H and O–H groups in total. The molecule has 0 saturated carbocycles. The van der Waals surface area contributed by atoms with E-state index in [9.17, 15) is 5.11 Å². The fourth-order valence-electron chi connectivity index (χ4n) is 1.79. The third-order valence-electron chi connectivity index (χ3n) is 3.04. The molecule has 0 spiro atoms. The summed E-state index contributed by atoms with van der Waals surface area (Å²) in [4.78, 5) is 4.42. The van der Waals surface area contributed by atoms with Crippen molar-refractivity contribution in [2.45, 2.75) is 33.3 Å². The molecule has 0 bridgehead atoms. The first-order valence-electron chi connectivity index (χ1n) is 7.48. The number of hydrogen-bond acceptors (Lipinski definition) is 2. The lowest BCUT2D eigenvalue weighted by atomic mass is 10.1. The molecule has 1 aromatic carbocycles. The number of nitrogens with zero attached hydrogens (tertiary/aromatic N) is 1. The number of guanidine groups is 1. The molecule has 0 aliphatic carbocycles. The van der Waals surface area contributed by atoms with Crippen LogP contribution in [0.15, 0.2) is 29.3 Å². The quantitative estimate of drug-likeness (QED) is 0.346. The minimum absolute atomic E-state index is 0. The summed E-state index contributed by atoms with van der Waals surface area (Å²) in [6.07, 6.45) is 0.465. The smallest absolute Gasteiger partial charge is 0.191 e. The molecule has 1 unspecified atom stereocenters. The molecule has 0 saturated heterocycles. The molecule has 126 valence electrons. The molecule has 1 aromatic rings. The second kappa shape index (κ2) is 12.0. The lowest BCUT2D eigenvalue weighted by molar-refractivity contribution is 0.187. The number of nitrogens with one attached hydrogen (secondary N) is 2. The Morgan fingerprint density at radius 1 is 1.23 bits per heavy atom. The van der Waals surface area contributed by atoms with Crippen molar-refractivity contribution in [3.8, 4) is 0 Å². The van der Waals surface area contributed by atoms with Crippen molar-refractivity contribution in [1.29, 1.82) is 0 Å². The van der Waals surface area contributed by atoms with E-state index < -0.39 is 6.10 Å². The van der Waals surface area contributed by atoms with Gasteiger partial charge in [-0.3, -0.25) is 4.99 Å². The summed E-state index contributed by atoms with van der Waals surface area (Å²) in [6, 6.07) is 7.19. The van der Waals surface area contributed by atoms with Crippen LogP contribution in [0, 0.1) is 5.92 Å². The van der Waals surface area contributed by atoms with Crippen LogP contribution in [0.5, 0.6) is 0 Å². The third kappa shape index (κ3) is 8.80. The van der Waals surface area contributed by atoms with E-state index in [1.807, 2.05) is 19.1 Å². The molecule has 0 radical (unpaired) electrons. The molecule has 0 fully saturated rings. The first kappa shape index (κ1) is 21.5. The number of benzene rings is 1. The molecule has 22 heavy (non-hydrogen) atoms. The number of aliphatic hydroxyl groups is 1. The SMILES string of the molecule is CCNC(=NCC(O)c1ccc(Cl)cc1)NCCC(C)C.I. The first-order chi connectivity index (χ1) is 10.0. The van der Waals surface area contributed by atoms with Gasteiger partial charge in [-0.2, -0.15) is 0 Å². The topological polar surface area (TPSA) is 56.7 Å². The van der Waals surface area contributed by atoms with Crippen molar-refractivity contribution in [2.75, 3.05) is 19.6 Å². The van der Waals surface area contributed by atoms with Gasteiger partial charge in [0.1, 0.15) is 0 Å². The maximum atomic E-state index is 10.1. The van der Waals surface area contributed by atoms with Gasteiger partial charge in [0, 0.05) is 18.1 Å². The Morgan fingerprint density at radius 3 is 2.41 bits per heavy atom. The standard InChI is InChI=1S/C16H26ClN3O.HI/c1-4-18-16(19-10-9-12(2)3)20-11-15(21)13-5-7-14(17)8-6-13;/h5-8,12,15,21H,4,9-11H2,1-3H3,(H2,18,19,20);1H. The molecule has 4 nitrogen and oxygen atoms in total. The van der Waals surface area contributed by atoms with Crippen molar-refractivity contribution in [3.05, 3.63) is 34.9 Å². The van der Waals surface area contributed by atoms with E-state index in [4.69, 9.17) is 11.6 Å². The van der Waals surface area contributed by atoms with E-state index in [-0.39, 0.29) is 24.0 Å². The Kier molecular flexibility index (Phi) is 11.7. The van der Waals surface area contributed by atoms with E-state index in [0.29, 0.717) is 17.5 Å². The van der Waals surface area contributed by atoms with Gasteiger partial charge in [0.05, 0.1) is 12.6 Å². The lowest BCUT2D eigenvalue weighted by Crippen LogP contribution is -2.38. The lowest BCUT2D eigenvalue weighted by Gasteiger charge is -2.14. The van der Waals surface area contributed by atoms with E-state index in [0.717, 1.165) is 31.0 Å². The summed E-state index contributed by atoms with van der Waals surface area (Å²) >= 11 is 5.84. The molecule has 0 aromatic heterocycles. The van der Waals surface area contributed by atoms with Gasteiger partial charge in [-0.05, 0) is 37.0 Å². The molecule has 1 atom stereocenters. The number of aliphatic hydroxyl groups excluding tert-OH is 1. The Morgan fingerprint density at radius 2 is 1.86 bits per heavy atom. The van der Waals surface area contributed by atoms with E-state index in [1.54, 1.807) is 12.1 Å². The fourth-order valence-corrected chi connectivity index (χ4v) is 1.92. The zero-order valence-electron chi connectivity index (χ0n) is 13.5. The highest BCUT2D eigenvalue weighted by Crippen LogP contribution is 2.16. The zero-order valence-corrected chi connectivity index (χ0v) is 16.6. The summed E-state index contributed by atoms with van der Waals surface area (Å²) in [6.45, 7) is 8.39. The second-order valence-electron chi connectivity index (χ2n) is 5.40. The molecule has 6 heteroatoms. The largest absolute Gasteiger partial charge is 0.386 e. The van der Waals surface area contributed by atoms with Gasteiger partial charge in [-0.1, -0.05) is 37.6 Å². The van der Waals surface area contributed by atoms with Crippen LogP contribution in [-0.4, -0.2) is 30.7 Å². The van der Waals surface area contributed by atoms with Gasteiger partial charge in [0.2, 0.25) is 0 Å². The van der Waals surface area contributed by atoms with Crippen LogP contribution >= 0.6 is 35.6 Å². The number of aliphatic imine (C=N–C) groups is 1. The average Bonchev–Trinajstić information content (AvgIpc) is 2.44. The summed E-state index contributed by atoms with van der Waals surface area (Å²) < 4.78 is 0. The van der Waals surface area contributed by atoms with Crippen molar-refractivity contribution < 1.29 is 5.11 Å². The van der Waals surface area contributed by atoms with Crippen LogP contribution in [0.2, 0.25) is 5.02 Å². The van der Waals surface area contributed by atoms with Crippen molar-refractivity contribution in [3.63, 3.8) is 0 Å². The van der Waals surface area contributed by atoms with Gasteiger partial charge in [0.25, 0.3) is 0 Å². The predicted molar refractivity (Wildman–Crippen MR) is 105 cm³/mol. The monoisotopic (exact) mass is 439 g/mol. The molecule has 0 heterocycles. The minimum atomic E-state index is -0.622. The summed E-state index contributed by atoms with van der Waals surface area (Å²) in [5.74, 6) is 1.39. The summed E-state index contributed by atoms with van der Waals surface area (Å²) in [7, 11) is 0. The van der Waals surface area contributed by atoms with E-state index in [2.05, 4.69) is 29.5 Å².